The van der Waals surface area contributed by atoms with Crippen molar-refractivity contribution in [2.75, 3.05) is 0 Å². The molecule has 0 aliphatic carbocycles. The molecule has 0 aliphatic heterocycles. The van der Waals surface area contributed by atoms with Crippen molar-refractivity contribution < 1.29 is 9.72 Å². The number of benzene rings is 1. The Morgan fingerprint density at radius 2 is 2.21 bits per heavy atom. The number of ketones is 1. The number of nitriles is 1. The number of Topliss-reactive ketones (excluding diaryl/α,β-unsaturated/α-hetero) is 1. The Balaban J connectivity index is 3.40. The number of nitro groups is 1. The second-order valence-corrected chi connectivity index (χ2v) is 2.66. The van der Waals surface area contributed by atoms with Crippen molar-refractivity contribution in [1.82, 2.24) is 0 Å². The molecule has 0 saturated heterocycles. The number of hydrogen-bond acceptors (Lipinski definition) is 4. The van der Waals surface area contributed by atoms with Gasteiger partial charge in [-0.2, -0.15) is 5.26 Å². The molecule has 1 aromatic carbocycles. The van der Waals surface area contributed by atoms with Crippen LogP contribution in [0, 0.1) is 21.4 Å². The van der Waals surface area contributed by atoms with Crippen LogP contribution in [0.4, 0.5) is 5.69 Å². The van der Waals surface area contributed by atoms with Crippen molar-refractivity contribution >= 4 is 11.5 Å². The summed E-state index contributed by atoms with van der Waals surface area (Å²) in [4.78, 5) is 20.9. The topological polar surface area (TPSA) is 84.0 Å². The zero-order valence-electron chi connectivity index (χ0n) is 7.35. The van der Waals surface area contributed by atoms with E-state index < -0.39 is 10.7 Å². The van der Waals surface area contributed by atoms with Gasteiger partial charge in [-0.05, 0) is 19.1 Å². The van der Waals surface area contributed by atoms with Crippen LogP contribution < -0.4 is 0 Å². The maximum Gasteiger partial charge on any atom is 0.280 e. The van der Waals surface area contributed by atoms with Crippen molar-refractivity contribution in [1.29, 1.82) is 5.26 Å². The van der Waals surface area contributed by atoms with E-state index in [1.807, 2.05) is 6.07 Å². The van der Waals surface area contributed by atoms with Gasteiger partial charge in [0.05, 0.1) is 22.1 Å². The fourth-order valence-corrected chi connectivity index (χ4v) is 1.05. The first kappa shape index (κ1) is 9.86. The fraction of sp³-hybridized carbons (Fsp3) is 0.111. The molecule has 14 heavy (non-hydrogen) atoms. The van der Waals surface area contributed by atoms with Gasteiger partial charge in [-0.25, -0.2) is 0 Å². The molecule has 0 N–H and O–H groups in total. The van der Waals surface area contributed by atoms with Gasteiger partial charge in [0.25, 0.3) is 5.69 Å². The van der Waals surface area contributed by atoms with Gasteiger partial charge >= 0.3 is 0 Å². The molecule has 0 aromatic heterocycles. The quantitative estimate of drug-likeness (QED) is 0.403. The summed E-state index contributed by atoms with van der Waals surface area (Å²) in [5.74, 6) is -0.422. The maximum absolute atomic E-state index is 11.0. The van der Waals surface area contributed by atoms with Crippen LogP contribution in [0.1, 0.15) is 22.8 Å². The van der Waals surface area contributed by atoms with Crippen LogP contribution in [0.15, 0.2) is 18.2 Å². The smallest absolute Gasteiger partial charge is 0.280 e. The lowest BCUT2D eigenvalue weighted by Gasteiger charge is -1.98. The molecule has 0 aliphatic rings. The summed E-state index contributed by atoms with van der Waals surface area (Å²) in [6.07, 6.45) is 0. The number of carbonyl (C=O) groups is 1. The van der Waals surface area contributed by atoms with Gasteiger partial charge in [0.15, 0.2) is 5.78 Å². The van der Waals surface area contributed by atoms with Crippen LogP contribution in [0.2, 0.25) is 0 Å². The van der Waals surface area contributed by atoms with Gasteiger partial charge in [0, 0.05) is 6.07 Å². The third kappa shape index (κ3) is 1.75. The summed E-state index contributed by atoms with van der Waals surface area (Å²) < 4.78 is 0. The van der Waals surface area contributed by atoms with Crippen molar-refractivity contribution in [3.63, 3.8) is 0 Å². The molecule has 0 spiro atoms. The second kappa shape index (κ2) is 3.66. The summed E-state index contributed by atoms with van der Waals surface area (Å²) >= 11 is 0. The summed E-state index contributed by atoms with van der Waals surface area (Å²) in [6.45, 7) is 1.23. The fourth-order valence-electron chi connectivity index (χ4n) is 1.05. The van der Waals surface area contributed by atoms with E-state index in [1.165, 1.54) is 19.1 Å². The molecule has 1 aromatic rings. The van der Waals surface area contributed by atoms with Gasteiger partial charge < -0.3 is 0 Å². The highest BCUT2D eigenvalue weighted by atomic mass is 16.6. The molecule has 5 heteroatoms. The highest BCUT2D eigenvalue weighted by Gasteiger charge is 2.17. The number of hydrogen-bond donors (Lipinski definition) is 0. The van der Waals surface area contributed by atoms with Crippen LogP contribution >= 0.6 is 0 Å². The summed E-state index contributed by atoms with van der Waals surface area (Å²) in [5.41, 5.74) is -0.0636. The highest BCUT2D eigenvalue weighted by molar-refractivity contribution is 5.98. The normalized spacial score (nSPS) is 9.14. The molecule has 0 amide bonds. The van der Waals surface area contributed by atoms with E-state index in [4.69, 9.17) is 5.26 Å². The first-order valence-corrected chi connectivity index (χ1v) is 3.75. The zero-order chi connectivity index (χ0) is 10.7. The number of rotatable bonds is 2. The number of nitro benzene ring substituents is 1. The second-order valence-electron chi connectivity index (χ2n) is 2.66. The van der Waals surface area contributed by atoms with Crippen LogP contribution in [0.3, 0.4) is 0 Å². The molecule has 0 radical (unpaired) electrons. The van der Waals surface area contributed by atoms with Crippen molar-refractivity contribution in [3.05, 3.63) is 39.4 Å². The predicted octanol–water partition coefficient (Wildman–Crippen LogP) is 1.67. The monoisotopic (exact) mass is 190 g/mol. The van der Waals surface area contributed by atoms with Crippen LogP contribution in [0.25, 0.3) is 0 Å². The average Bonchev–Trinajstić information content (AvgIpc) is 2.16. The lowest BCUT2D eigenvalue weighted by molar-refractivity contribution is -0.385. The molecule has 0 bridgehead atoms. The Bertz CT molecular complexity index is 446. The molecular formula is C9H6N2O3. The first-order valence-electron chi connectivity index (χ1n) is 3.75. The van der Waals surface area contributed by atoms with Gasteiger partial charge in [-0.1, -0.05) is 0 Å². The van der Waals surface area contributed by atoms with Gasteiger partial charge in [-0.15, -0.1) is 0 Å². The summed E-state index contributed by atoms with van der Waals surface area (Å²) in [5, 5.41) is 19.0. The van der Waals surface area contributed by atoms with E-state index >= 15 is 0 Å². The maximum atomic E-state index is 11.0. The average molecular weight is 190 g/mol. The first-order chi connectivity index (χ1) is 6.56. The van der Waals surface area contributed by atoms with Gasteiger partial charge in [0.2, 0.25) is 0 Å². The Morgan fingerprint density at radius 1 is 1.57 bits per heavy atom. The van der Waals surface area contributed by atoms with E-state index in [-0.39, 0.29) is 16.8 Å². The van der Waals surface area contributed by atoms with Gasteiger partial charge in [0.1, 0.15) is 0 Å². The molecular weight excluding hydrogens is 184 g/mol. The standard InChI is InChI=1S/C9H6N2O3/c1-6(12)8-4-7(5-10)2-3-9(8)11(13)14/h2-4H,1H3. The van der Waals surface area contributed by atoms with Crippen molar-refractivity contribution in [2.24, 2.45) is 0 Å². The number of nitrogens with zero attached hydrogens (tertiary/aromatic N) is 2. The number of carbonyl (C=O) groups excluding carboxylic acids is 1. The zero-order valence-corrected chi connectivity index (χ0v) is 7.35. The Kier molecular flexibility index (Phi) is 2.58. The van der Waals surface area contributed by atoms with E-state index in [2.05, 4.69) is 0 Å². The molecule has 5 nitrogen and oxygen atoms in total. The van der Waals surface area contributed by atoms with E-state index in [0.29, 0.717) is 0 Å². The van der Waals surface area contributed by atoms with Crippen molar-refractivity contribution in [3.8, 4) is 6.07 Å². The van der Waals surface area contributed by atoms with Crippen molar-refractivity contribution in [2.45, 2.75) is 6.92 Å². The summed E-state index contributed by atoms with van der Waals surface area (Å²) in [6, 6.07) is 5.51. The lowest BCUT2D eigenvalue weighted by Crippen LogP contribution is -2.00. The Labute approximate surface area is 79.7 Å². The molecule has 0 fully saturated rings. The van der Waals surface area contributed by atoms with E-state index in [1.54, 1.807) is 0 Å². The largest absolute Gasteiger partial charge is 0.294 e. The SMILES string of the molecule is CC(=O)c1cc(C#N)ccc1[N+](=O)[O-]. The molecule has 0 unspecified atom stereocenters. The minimum atomic E-state index is -0.641. The molecule has 0 atom stereocenters. The third-order valence-corrected chi connectivity index (χ3v) is 1.70. The van der Waals surface area contributed by atoms with Crippen LogP contribution in [0.5, 0.6) is 0 Å². The van der Waals surface area contributed by atoms with Crippen LogP contribution in [-0.4, -0.2) is 10.7 Å². The Hall–Kier alpha value is -2.22. The molecule has 70 valence electrons. The summed E-state index contributed by atoms with van der Waals surface area (Å²) in [7, 11) is 0. The highest BCUT2D eigenvalue weighted by Crippen LogP contribution is 2.19. The van der Waals surface area contributed by atoms with E-state index in [0.717, 1.165) is 6.07 Å². The van der Waals surface area contributed by atoms with Gasteiger partial charge in [-0.3, -0.25) is 14.9 Å². The van der Waals surface area contributed by atoms with Crippen LogP contribution in [-0.2, 0) is 0 Å². The molecule has 1 rings (SSSR count). The predicted molar refractivity (Wildman–Crippen MR) is 47.8 cm³/mol. The minimum Gasteiger partial charge on any atom is -0.294 e. The molecule has 0 saturated carbocycles. The lowest BCUT2D eigenvalue weighted by atomic mass is 10.1. The minimum absolute atomic E-state index is 0.0333. The Morgan fingerprint density at radius 3 is 2.64 bits per heavy atom. The van der Waals surface area contributed by atoms with E-state index in [9.17, 15) is 14.9 Å². The third-order valence-electron chi connectivity index (χ3n) is 1.70. The molecule has 0 heterocycles.